The second kappa shape index (κ2) is 10.2. The minimum Gasteiger partial charge on any atom is -0.495 e. The summed E-state index contributed by atoms with van der Waals surface area (Å²) >= 11 is 12.9. The van der Waals surface area contributed by atoms with E-state index < -0.39 is 6.17 Å². The first-order valence-electron chi connectivity index (χ1n) is 11.9. The summed E-state index contributed by atoms with van der Waals surface area (Å²) in [6, 6.07) is 5.74. The van der Waals surface area contributed by atoms with Crippen molar-refractivity contribution in [3.8, 4) is 17.3 Å². The van der Waals surface area contributed by atoms with Gasteiger partial charge in [0.25, 0.3) is 0 Å². The molecule has 1 fully saturated rings. The Morgan fingerprint density at radius 2 is 1.73 bits per heavy atom. The second-order valence-corrected chi connectivity index (χ2v) is 9.84. The van der Waals surface area contributed by atoms with Gasteiger partial charge in [0.05, 0.1) is 34.2 Å². The van der Waals surface area contributed by atoms with Crippen molar-refractivity contribution in [1.29, 1.82) is 0 Å². The monoisotopic (exact) mass is 542 g/mol. The molecule has 0 spiro atoms. The third kappa shape index (κ3) is 4.84. The highest BCUT2D eigenvalue weighted by atomic mass is 35.5. The Balaban J connectivity index is 1.47. The number of anilines is 1. The Morgan fingerprint density at radius 1 is 1.03 bits per heavy atom. The third-order valence-corrected chi connectivity index (χ3v) is 7.34. The molecule has 3 aromatic heterocycles. The van der Waals surface area contributed by atoms with E-state index in [2.05, 4.69) is 29.7 Å². The maximum atomic E-state index is 13.8. The maximum Gasteiger partial charge on any atom is 0.237 e. The lowest BCUT2D eigenvalue weighted by Gasteiger charge is -2.39. The molecule has 4 heterocycles. The number of hydrogen-bond donors (Lipinski definition) is 2. The van der Waals surface area contributed by atoms with E-state index in [0.29, 0.717) is 59.2 Å². The maximum absolute atomic E-state index is 13.8. The first-order valence-corrected chi connectivity index (χ1v) is 12.7. The third-order valence-electron chi connectivity index (χ3n) is 6.57. The molecule has 0 amide bonds. The Bertz CT molecular complexity index is 1430. The average Bonchev–Trinajstić information content (AvgIpc) is 3.60. The molecule has 0 saturated carbocycles. The van der Waals surface area contributed by atoms with Crippen LogP contribution in [0.1, 0.15) is 33.9 Å². The van der Waals surface area contributed by atoms with Crippen LogP contribution in [0.2, 0.25) is 10.0 Å². The number of carbonyl (C=O) groups excluding carboxylic acids is 1. The van der Waals surface area contributed by atoms with Crippen molar-refractivity contribution in [3.63, 3.8) is 0 Å². The van der Waals surface area contributed by atoms with Crippen LogP contribution >= 0.6 is 23.2 Å². The molecule has 1 aliphatic rings. The van der Waals surface area contributed by atoms with E-state index in [1.807, 2.05) is 39.0 Å². The normalized spacial score (nSPS) is 15.2. The minimum atomic E-state index is -0.727. The molecule has 1 unspecified atom stereocenters. The first kappa shape index (κ1) is 25.3. The van der Waals surface area contributed by atoms with Gasteiger partial charge in [-0.3, -0.25) is 9.69 Å². The fourth-order valence-electron chi connectivity index (χ4n) is 4.59. The van der Waals surface area contributed by atoms with Gasteiger partial charge in [0.1, 0.15) is 11.4 Å². The van der Waals surface area contributed by atoms with Crippen molar-refractivity contribution < 1.29 is 9.53 Å². The van der Waals surface area contributed by atoms with Crippen molar-refractivity contribution in [2.45, 2.75) is 26.9 Å². The highest BCUT2D eigenvalue weighted by Gasteiger charge is 2.36. The van der Waals surface area contributed by atoms with Crippen LogP contribution in [0.25, 0.3) is 11.5 Å². The molecule has 4 aromatic rings. The van der Waals surface area contributed by atoms with E-state index in [-0.39, 0.29) is 11.6 Å². The number of carbonyl (C=O) groups is 1. The molecule has 12 heteroatoms. The summed E-state index contributed by atoms with van der Waals surface area (Å²) in [5, 5.41) is 5.79. The first-order chi connectivity index (χ1) is 17.8. The topological polar surface area (TPSA) is 108 Å². The lowest BCUT2D eigenvalue weighted by atomic mass is 10.2. The molecular weight excluding hydrogens is 515 g/mol. The zero-order valence-electron chi connectivity index (χ0n) is 21.0. The van der Waals surface area contributed by atoms with Gasteiger partial charge in [0.2, 0.25) is 5.78 Å². The number of nitrogens with one attached hydrogen (secondary N) is 2. The fourth-order valence-corrected chi connectivity index (χ4v) is 5.00. The molecule has 0 bridgehead atoms. The molecule has 5 rings (SSSR count). The number of Topliss-reactive ketones (excluding diaryl/α,β-unsaturated/α-hetero) is 1. The summed E-state index contributed by atoms with van der Waals surface area (Å²) in [6.45, 7) is 8.22. The largest absolute Gasteiger partial charge is 0.495 e. The van der Waals surface area contributed by atoms with Crippen LogP contribution < -0.4 is 9.64 Å². The Morgan fingerprint density at radius 3 is 2.35 bits per heavy atom. The van der Waals surface area contributed by atoms with E-state index >= 15 is 0 Å². The summed E-state index contributed by atoms with van der Waals surface area (Å²) in [4.78, 5) is 33.2. The van der Waals surface area contributed by atoms with Crippen LogP contribution in [0.5, 0.6) is 5.75 Å². The molecule has 2 N–H and O–H groups in total. The predicted octanol–water partition coefficient (Wildman–Crippen LogP) is 4.44. The van der Waals surface area contributed by atoms with Gasteiger partial charge < -0.3 is 19.6 Å². The zero-order chi connectivity index (χ0) is 26.3. The van der Waals surface area contributed by atoms with Gasteiger partial charge in [-0.2, -0.15) is 5.10 Å². The SMILES string of the molecule is COc1cc(N2CCN(C(C(=O)c3nc(C)c[nH]3)n3nc(-c4nc(C)c[nH]4)c(Cl)c3C)CC2)ccc1Cl. The van der Waals surface area contributed by atoms with Crippen molar-refractivity contribution >= 4 is 34.7 Å². The highest BCUT2D eigenvalue weighted by molar-refractivity contribution is 6.33. The summed E-state index contributed by atoms with van der Waals surface area (Å²) in [6.07, 6.45) is 2.78. The summed E-state index contributed by atoms with van der Waals surface area (Å²) in [5.74, 6) is 1.30. The smallest absolute Gasteiger partial charge is 0.237 e. The molecule has 1 saturated heterocycles. The molecule has 0 radical (unpaired) electrons. The van der Waals surface area contributed by atoms with Crippen LogP contribution in [0, 0.1) is 20.8 Å². The number of aromatic nitrogens is 6. The summed E-state index contributed by atoms with van der Waals surface area (Å²) in [7, 11) is 1.60. The number of ether oxygens (including phenoxy) is 1. The molecule has 1 aromatic carbocycles. The molecular formula is C25H28Cl2N8O2. The van der Waals surface area contributed by atoms with Gasteiger partial charge in [-0.1, -0.05) is 23.2 Å². The number of aromatic amines is 2. The molecule has 194 valence electrons. The van der Waals surface area contributed by atoms with Crippen molar-refractivity contribution in [1.82, 2.24) is 34.6 Å². The lowest BCUT2D eigenvalue weighted by Crippen LogP contribution is -2.51. The van der Waals surface area contributed by atoms with Gasteiger partial charge in [-0.15, -0.1) is 0 Å². The number of rotatable bonds is 7. The number of methoxy groups -OCH3 is 1. The van der Waals surface area contributed by atoms with Gasteiger partial charge in [-0.05, 0) is 32.9 Å². The fraction of sp³-hybridized carbons (Fsp3) is 0.360. The number of hydrogen-bond acceptors (Lipinski definition) is 7. The quantitative estimate of drug-likeness (QED) is 0.332. The number of aryl methyl sites for hydroxylation is 2. The Labute approximate surface area is 224 Å². The van der Waals surface area contributed by atoms with Crippen molar-refractivity contribution in [3.05, 3.63) is 63.5 Å². The molecule has 0 aliphatic carbocycles. The van der Waals surface area contributed by atoms with E-state index in [1.165, 1.54) is 0 Å². The Kier molecular flexibility index (Phi) is 6.98. The van der Waals surface area contributed by atoms with Crippen molar-refractivity contribution in [2.75, 3.05) is 38.2 Å². The molecule has 1 aliphatic heterocycles. The van der Waals surface area contributed by atoms with Crippen LogP contribution in [0.15, 0.2) is 30.6 Å². The second-order valence-electron chi connectivity index (χ2n) is 9.05. The van der Waals surface area contributed by atoms with Crippen LogP contribution in [-0.4, -0.2) is 73.7 Å². The standard InChI is InChI=1S/C25H28Cl2N8O2/c1-14-12-28-23(30-14)21-20(27)16(3)35(32-21)25(22(36)24-29-13-15(2)31-24)34-9-7-33(8-10-34)17-5-6-18(26)19(11-17)37-4/h5-6,11-13,25H,7-10H2,1-4H3,(H,28,30)(H,29,31). The van der Waals surface area contributed by atoms with Crippen LogP contribution in [-0.2, 0) is 0 Å². The summed E-state index contributed by atoms with van der Waals surface area (Å²) < 4.78 is 7.08. The van der Waals surface area contributed by atoms with Gasteiger partial charge in [0.15, 0.2) is 17.8 Å². The number of piperazine rings is 1. The predicted molar refractivity (Wildman–Crippen MR) is 143 cm³/mol. The number of halogens is 2. The summed E-state index contributed by atoms with van der Waals surface area (Å²) in [5.41, 5.74) is 3.77. The lowest BCUT2D eigenvalue weighted by molar-refractivity contribution is 0.0638. The van der Waals surface area contributed by atoms with Gasteiger partial charge in [0, 0.05) is 50.3 Å². The van der Waals surface area contributed by atoms with E-state index in [1.54, 1.807) is 24.2 Å². The number of H-pyrrole nitrogens is 2. The number of nitrogens with zero attached hydrogens (tertiary/aromatic N) is 6. The van der Waals surface area contributed by atoms with Crippen LogP contribution in [0.4, 0.5) is 5.69 Å². The highest BCUT2D eigenvalue weighted by Crippen LogP contribution is 2.33. The molecule has 10 nitrogen and oxygen atoms in total. The minimum absolute atomic E-state index is 0.181. The van der Waals surface area contributed by atoms with E-state index in [9.17, 15) is 4.79 Å². The number of benzene rings is 1. The number of imidazole rings is 2. The van der Waals surface area contributed by atoms with E-state index in [4.69, 9.17) is 33.0 Å². The van der Waals surface area contributed by atoms with Crippen molar-refractivity contribution in [2.24, 2.45) is 0 Å². The zero-order valence-corrected chi connectivity index (χ0v) is 22.6. The van der Waals surface area contributed by atoms with Gasteiger partial charge in [-0.25, -0.2) is 14.6 Å². The van der Waals surface area contributed by atoms with Gasteiger partial charge >= 0.3 is 0 Å². The number of ketones is 1. The van der Waals surface area contributed by atoms with E-state index in [0.717, 1.165) is 17.1 Å². The van der Waals surface area contributed by atoms with Crippen LogP contribution in [0.3, 0.4) is 0 Å². The molecule has 1 atom stereocenters. The molecule has 37 heavy (non-hydrogen) atoms. The Hall–Kier alpha value is -3.34. The average molecular weight is 543 g/mol.